The van der Waals surface area contributed by atoms with E-state index in [1.165, 1.54) is 0 Å². The fourth-order valence-corrected chi connectivity index (χ4v) is 2.05. The van der Waals surface area contributed by atoms with E-state index in [0.717, 1.165) is 37.6 Å². The molecule has 1 aromatic carbocycles. The molecule has 2 unspecified atom stereocenters. The van der Waals surface area contributed by atoms with E-state index in [1.807, 2.05) is 7.05 Å². The van der Waals surface area contributed by atoms with Crippen molar-refractivity contribution in [3.05, 3.63) is 29.8 Å². The number of hydrogen-bond acceptors (Lipinski definition) is 3. The maximum absolute atomic E-state index is 13.3. The van der Waals surface area contributed by atoms with Crippen molar-refractivity contribution in [3.63, 3.8) is 0 Å². The molecule has 1 aliphatic rings. The van der Waals surface area contributed by atoms with Crippen LogP contribution in [0, 0.1) is 11.6 Å². The lowest BCUT2D eigenvalue weighted by atomic mass is 10.2. The van der Waals surface area contributed by atoms with Gasteiger partial charge < -0.3 is 14.8 Å². The molecule has 0 amide bonds. The van der Waals surface area contributed by atoms with E-state index in [1.54, 1.807) is 0 Å². The molecular formula is C13H17F2NO2. The van der Waals surface area contributed by atoms with Crippen LogP contribution in [0.1, 0.15) is 12.8 Å². The number of ether oxygens (including phenoxy) is 2. The molecule has 0 bridgehead atoms. The first-order valence-electron chi connectivity index (χ1n) is 6.07. The van der Waals surface area contributed by atoms with Crippen molar-refractivity contribution in [1.82, 2.24) is 5.32 Å². The average Bonchev–Trinajstić information content (AvgIpc) is 2.79. The topological polar surface area (TPSA) is 30.5 Å². The summed E-state index contributed by atoms with van der Waals surface area (Å²) in [5.74, 6) is -1.12. The van der Waals surface area contributed by atoms with Gasteiger partial charge >= 0.3 is 0 Å². The van der Waals surface area contributed by atoms with E-state index >= 15 is 0 Å². The summed E-state index contributed by atoms with van der Waals surface area (Å²) in [6.07, 6.45) is 1.97. The number of rotatable bonds is 5. The van der Waals surface area contributed by atoms with Gasteiger partial charge in [-0.1, -0.05) is 0 Å². The third-order valence-corrected chi connectivity index (χ3v) is 2.95. The van der Waals surface area contributed by atoms with Gasteiger partial charge in [0.1, 0.15) is 12.4 Å². The molecule has 1 fully saturated rings. The Balaban J connectivity index is 1.83. The third kappa shape index (κ3) is 3.40. The second-order valence-electron chi connectivity index (χ2n) is 4.40. The quantitative estimate of drug-likeness (QED) is 0.876. The standard InChI is InChI=1S/C13H17F2NO2/c1-16-7-10-3-4-11(18-10)8-17-13-6-9(14)2-5-12(13)15/h2,5-6,10-11,16H,3-4,7-8H2,1H3. The van der Waals surface area contributed by atoms with Crippen molar-refractivity contribution in [2.45, 2.75) is 25.0 Å². The fraction of sp³-hybridized carbons (Fsp3) is 0.538. The molecule has 5 heteroatoms. The predicted octanol–water partition coefficient (Wildman–Crippen LogP) is 2.11. The normalized spacial score (nSPS) is 23.3. The van der Waals surface area contributed by atoms with Crippen LogP contribution in [0.3, 0.4) is 0 Å². The molecule has 0 saturated carbocycles. The SMILES string of the molecule is CNCC1CCC(COc2cc(F)ccc2F)O1. The lowest BCUT2D eigenvalue weighted by Crippen LogP contribution is -2.26. The zero-order valence-electron chi connectivity index (χ0n) is 10.3. The lowest BCUT2D eigenvalue weighted by Gasteiger charge is -2.14. The Kier molecular flexibility index (Phi) is 4.49. The van der Waals surface area contributed by atoms with Gasteiger partial charge in [-0.25, -0.2) is 8.78 Å². The molecule has 1 saturated heterocycles. The van der Waals surface area contributed by atoms with Crippen molar-refractivity contribution in [1.29, 1.82) is 0 Å². The minimum absolute atomic E-state index is 0.0500. The summed E-state index contributed by atoms with van der Waals surface area (Å²) >= 11 is 0. The van der Waals surface area contributed by atoms with Gasteiger partial charge in [-0.05, 0) is 32.0 Å². The van der Waals surface area contributed by atoms with Gasteiger partial charge in [-0.3, -0.25) is 0 Å². The van der Waals surface area contributed by atoms with Crippen LogP contribution in [-0.4, -0.2) is 32.4 Å². The summed E-state index contributed by atoms with van der Waals surface area (Å²) < 4.78 is 37.2. The van der Waals surface area contributed by atoms with Crippen LogP contribution in [0.15, 0.2) is 18.2 Å². The molecule has 0 spiro atoms. The van der Waals surface area contributed by atoms with Crippen molar-refractivity contribution >= 4 is 0 Å². The molecule has 100 valence electrons. The molecule has 0 radical (unpaired) electrons. The zero-order valence-corrected chi connectivity index (χ0v) is 10.3. The molecule has 2 atom stereocenters. The van der Waals surface area contributed by atoms with E-state index in [9.17, 15) is 8.78 Å². The molecule has 1 heterocycles. The summed E-state index contributed by atoms with van der Waals surface area (Å²) in [5, 5.41) is 3.05. The molecule has 1 aliphatic heterocycles. The number of benzene rings is 1. The summed E-state index contributed by atoms with van der Waals surface area (Å²) in [7, 11) is 1.87. The number of likely N-dealkylation sites (N-methyl/N-ethyl adjacent to an activating group) is 1. The van der Waals surface area contributed by atoms with Crippen molar-refractivity contribution < 1.29 is 18.3 Å². The van der Waals surface area contributed by atoms with Crippen LogP contribution in [0.2, 0.25) is 0 Å². The second-order valence-corrected chi connectivity index (χ2v) is 4.40. The Labute approximate surface area is 105 Å². The third-order valence-electron chi connectivity index (χ3n) is 2.95. The highest BCUT2D eigenvalue weighted by atomic mass is 19.1. The van der Waals surface area contributed by atoms with Crippen molar-refractivity contribution in [2.75, 3.05) is 20.2 Å². The van der Waals surface area contributed by atoms with Gasteiger partial charge in [-0.15, -0.1) is 0 Å². The van der Waals surface area contributed by atoms with Crippen LogP contribution in [-0.2, 0) is 4.74 Å². The molecular weight excluding hydrogens is 240 g/mol. The van der Waals surface area contributed by atoms with Crippen LogP contribution in [0.5, 0.6) is 5.75 Å². The minimum atomic E-state index is -0.554. The van der Waals surface area contributed by atoms with Gasteiger partial charge in [0, 0.05) is 12.6 Å². The maximum atomic E-state index is 13.3. The predicted molar refractivity (Wildman–Crippen MR) is 63.7 cm³/mol. The summed E-state index contributed by atoms with van der Waals surface area (Å²) in [6, 6.07) is 3.18. The Bertz CT molecular complexity index is 401. The van der Waals surface area contributed by atoms with E-state index < -0.39 is 11.6 Å². The van der Waals surface area contributed by atoms with Gasteiger partial charge in [0.2, 0.25) is 0 Å². The first-order valence-corrected chi connectivity index (χ1v) is 6.07. The zero-order chi connectivity index (χ0) is 13.0. The Morgan fingerprint density at radius 3 is 2.89 bits per heavy atom. The Morgan fingerprint density at radius 2 is 2.11 bits per heavy atom. The second kappa shape index (κ2) is 6.11. The highest BCUT2D eigenvalue weighted by Crippen LogP contribution is 2.22. The fourth-order valence-electron chi connectivity index (χ4n) is 2.05. The van der Waals surface area contributed by atoms with Crippen LogP contribution < -0.4 is 10.1 Å². The highest BCUT2D eigenvalue weighted by molar-refractivity contribution is 5.24. The van der Waals surface area contributed by atoms with Crippen LogP contribution >= 0.6 is 0 Å². The number of nitrogens with one attached hydrogen (secondary N) is 1. The van der Waals surface area contributed by atoms with Gasteiger partial charge in [0.25, 0.3) is 0 Å². The monoisotopic (exact) mass is 257 g/mol. The van der Waals surface area contributed by atoms with Gasteiger partial charge in [-0.2, -0.15) is 0 Å². The first kappa shape index (κ1) is 13.2. The molecule has 2 rings (SSSR count). The minimum Gasteiger partial charge on any atom is -0.488 e. The number of hydrogen-bond donors (Lipinski definition) is 1. The molecule has 3 nitrogen and oxygen atoms in total. The summed E-state index contributed by atoms with van der Waals surface area (Å²) in [6.45, 7) is 1.05. The van der Waals surface area contributed by atoms with E-state index in [0.29, 0.717) is 0 Å². The highest BCUT2D eigenvalue weighted by Gasteiger charge is 2.25. The molecule has 0 aromatic heterocycles. The summed E-state index contributed by atoms with van der Waals surface area (Å²) in [5.41, 5.74) is 0. The van der Waals surface area contributed by atoms with E-state index in [2.05, 4.69) is 5.32 Å². The van der Waals surface area contributed by atoms with Gasteiger partial charge in [0.15, 0.2) is 11.6 Å². The molecule has 18 heavy (non-hydrogen) atoms. The molecule has 1 N–H and O–H groups in total. The summed E-state index contributed by atoms with van der Waals surface area (Å²) in [4.78, 5) is 0. The van der Waals surface area contributed by atoms with Crippen LogP contribution in [0.25, 0.3) is 0 Å². The van der Waals surface area contributed by atoms with Crippen LogP contribution in [0.4, 0.5) is 8.78 Å². The number of halogens is 2. The first-order chi connectivity index (χ1) is 8.69. The van der Waals surface area contributed by atoms with Crippen molar-refractivity contribution in [3.8, 4) is 5.75 Å². The average molecular weight is 257 g/mol. The molecule has 0 aliphatic carbocycles. The van der Waals surface area contributed by atoms with E-state index in [-0.39, 0.29) is 24.6 Å². The largest absolute Gasteiger partial charge is 0.488 e. The van der Waals surface area contributed by atoms with Crippen molar-refractivity contribution in [2.24, 2.45) is 0 Å². The maximum Gasteiger partial charge on any atom is 0.165 e. The van der Waals surface area contributed by atoms with E-state index in [4.69, 9.17) is 9.47 Å². The smallest absolute Gasteiger partial charge is 0.165 e. The molecule has 1 aromatic rings. The Hall–Kier alpha value is -1.20. The lowest BCUT2D eigenvalue weighted by molar-refractivity contribution is 0.0185. The van der Waals surface area contributed by atoms with Gasteiger partial charge in [0.05, 0.1) is 12.2 Å². The Morgan fingerprint density at radius 1 is 1.33 bits per heavy atom.